The normalized spacial score (nSPS) is 18.1. The van der Waals surface area contributed by atoms with Gasteiger partial charge in [-0.2, -0.15) is 5.26 Å². The molecule has 0 spiro atoms. The smallest absolute Gasteiger partial charge is 0.274 e. The van der Waals surface area contributed by atoms with Crippen molar-refractivity contribution in [3.05, 3.63) is 77.5 Å². The third-order valence-electron chi connectivity index (χ3n) is 5.73. The van der Waals surface area contributed by atoms with Crippen molar-refractivity contribution < 1.29 is 18.0 Å². The molecular formula is C24H19F3N4O. The van der Waals surface area contributed by atoms with E-state index in [1.807, 2.05) is 6.07 Å². The number of rotatable bonds is 4. The summed E-state index contributed by atoms with van der Waals surface area (Å²) in [5.41, 5.74) is -0.00706. The molecule has 1 amide bonds. The molecular weight excluding hydrogens is 417 g/mol. The molecule has 5 nitrogen and oxygen atoms in total. The number of hydrogen-bond donors (Lipinski definition) is 1. The van der Waals surface area contributed by atoms with Gasteiger partial charge in [0.05, 0.1) is 23.5 Å². The number of halogens is 3. The highest BCUT2D eigenvalue weighted by molar-refractivity contribution is 6.03. The molecule has 0 atom stereocenters. The highest BCUT2D eigenvalue weighted by atomic mass is 19.1. The van der Waals surface area contributed by atoms with Crippen LogP contribution in [-0.2, 0) is 0 Å². The number of aromatic nitrogens is 2. The first-order chi connectivity index (χ1) is 15.5. The molecule has 0 radical (unpaired) electrons. The fourth-order valence-corrected chi connectivity index (χ4v) is 4.05. The number of benzene rings is 1. The fraction of sp³-hybridized carbons (Fsp3) is 0.250. The minimum Gasteiger partial charge on any atom is -0.319 e. The number of nitrogens with zero attached hydrogens (tertiary/aromatic N) is 3. The van der Waals surface area contributed by atoms with E-state index in [-0.39, 0.29) is 17.5 Å². The van der Waals surface area contributed by atoms with Crippen LogP contribution in [0.25, 0.3) is 11.3 Å². The maximum atomic E-state index is 14.3. The number of anilines is 1. The summed E-state index contributed by atoms with van der Waals surface area (Å²) in [6, 6.07) is 9.39. The standard InChI is InChI=1S/C24H19F3N4O/c25-17-2-1-3-18(26)22(17)23-19(27)8-9-20(30-23)24(32)31-21-13-29-11-10-16(21)15-6-4-14(12-28)5-7-15/h1-3,8-11,13-15H,4-7H2,(H,31,32). The molecule has 162 valence electrons. The first-order valence-electron chi connectivity index (χ1n) is 10.2. The maximum absolute atomic E-state index is 14.3. The van der Waals surface area contributed by atoms with Crippen LogP contribution >= 0.6 is 0 Å². The molecule has 1 aliphatic rings. The van der Waals surface area contributed by atoms with Crippen molar-refractivity contribution in [2.24, 2.45) is 5.92 Å². The summed E-state index contributed by atoms with van der Waals surface area (Å²) in [5, 5.41) is 11.8. The summed E-state index contributed by atoms with van der Waals surface area (Å²) in [7, 11) is 0. The van der Waals surface area contributed by atoms with Crippen LogP contribution in [-0.4, -0.2) is 15.9 Å². The van der Waals surface area contributed by atoms with E-state index in [9.17, 15) is 18.0 Å². The van der Waals surface area contributed by atoms with E-state index in [1.165, 1.54) is 6.20 Å². The van der Waals surface area contributed by atoms with Crippen molar-refractivity contribution in [3.8, 4) is 17.3 Å². The van der Waals surface area contributed by atoms with Crippen molar-refractivity contribution in [2.45, 2.75) is 31.6 Å². The molecule has 4 rings (SSSR count). The number of nitriles is 1. The van der Waals surface area contributed by atoms with Crippen LogP contribution in [0.15, 0.2) is 48.8 Å². The largest absolute Gasteiger partial charge is 0.319 e. The predicted octanol–water partition coefficient (Wildman–Crippen LogP) is 5.61. The Morgan fingerprint density at radius 3 is 2.41 bits per heavy atom. The third kappa shape index (κ3) is 4.33. The quantitative estimate of drug-likeness (QED) is 0.577. The van der Waals surface area contributed by atoms with Crippen molar-refractivity contribution in [1.29, 1.82) is 5.26 Å². The average Bonchev–Trinajstić information content (AvgIpc) is 2.80. The summed E-state index contributed by atoms with van der Waals surface area (Å²) in [4.78, 5) is 20.8. The molecule has 2 heterocycles. The Bertz CT molecular complexity index is 1180. The van der Waals surface area contributed by atoms with Crippen LogP contribution in [0.1, 0.15) is 47.7 Å². The lowest BCUT2D eigenvalue weighted by Crippen LogP contribution is -2.18. The van der Waals surface area contributed by atoms with Gasteiger partial charge in [0.2, 0.25) is 0 Å². The number of amides is 1. The van der Waals surface area contributed by atoms with Gasteiger partial charge in [0.1, 0.15) is 28.8 Å². The van der Waals surface area contributed by atoms with Crippen molar-refractivity contribution in [3.63, 3.8) is 0 Å². The van der Waals surface area contributed by atoms with Gasteiger partial charge in [-0.15, -0.1) is 0 Å². The summed E-state index contributed by atoms with van der Waals surface area (Å²) < 4.78 is 42.6. The number of hydrogen-bond acceptors (Lipinski definition) is 4. The van der Waals surface area contributed by atoms with E-state index < -0.39 is 34.6 Å². The van der Waals surface area contributed by atoms with Crippen LogP contribution in [0.2, 0.25) is 0 Å². The summed E-state index contributed by atoms with van der Waals surface area (Å²) in [6.45, 7) is 0. The highest BCUT2D eigenvalue weighted by Crippen LogP contribution is 2.38. The van der Waals surface area contributed by atoms with Gasteiger partial charge >= 0.3 is 0 Å². The maximum Gasteiger partial charge on any atom is 0.274 e. The van der Waals surface area contributed by atoms with Gasteiger partial charge in [0.25, 0.3) is 5.91 Å². The van der Waals surface area contributed by atoms with Gasteiger partial charge < -0.3 is 5.32 Å². The minimum absolute atomic E-state index is 0.0479. The Morgan fingerprint density at radius 2 is 1.72 bits per heavy atom. The van der Waals surface area contributed by atoms with Crippen LogP contribution in [0, 0.1) is 34.7 Å². The van der Waals surface area contributed by atoms with Gasteiger partial charge in [-0.3, -0.25) is 9.78 Å². The third-order valence-corrected chi connectivity index (χ3v) is 5.73. The second-order valence-electron chi connectivity index (χ2n) is 7.72. The summed E-state index contributed by atoms with van der Waals surface area (Å²) >= 11 is 0. The van der Waals surface area contributed by atoms with E-state index in [0.717, 1.165) is 61.6 Å². The lowest BCUT2D eigenvalue weighted by atomic mass is 9.79. The van der Waals surface area contributed by atoms with E-state index in [4.69, 9.17) is 5.26 Å². The molecule has 1 aliphatic carbocycles. The van der Waals surface area contributed by atoms with Crippen molar-refractivity contribution in [2.75, 3.05) is 5.32 Å². The van der Waals surface area contributed by atoms with Crippen LogP contribution in [0.4, 0.5) is 18.9 Å². The zero-order valence-electron chi connectivity index (χ0n) is 17.0. The van der Waals surface area contributed by atoms with Crippen molar-refractivity contribution in [1.82, 2.24) is 9.97 Å². The SMILES string of the molecule is N#CC1CCC(c2ccncc2NC(=O)c2ccc(F)c(-c3c(F)cccc3F)n2)CC1. The molecule has 0 aliphatic heterocycles. The monoisotopic (exact) mass is 436 g/mol. The summed E-state index contributed by atoms with van der Waals surface area (Å²) in [6.07, 6.45) is 6.36. The van der Waals surface area contributed by atoms with Gasteiger partial charge in [-0.1, -0.05) is 6.07 Å². The second kappa shape index (κ2) is 9.18. The first-order valence-corrected chi connectivity index (χ1v) is 10.2. The van der Waals surface area contributed by atoms with Crippen molar-refractivity contribution >= 4 is 11.6 Å². The van der Waals surface area contributed by atoms with Crippen LogP contribution in [0.3, 0.4) is 0 Å². The molecule has 1 N–H and O–H groups in total. The second-order valence-corrected chi connectivity index (χ2v) is 7.72. The topological polar surface area (TPSA) is 78.7 Å². The Balaban J connectivity index is 1.61. The van der Waals surface area contributed by atoms with Gasteiger partial charge in [-0.25, -0.2) is 18.2 Å². The molecule has 32 heavy (non-hydrogen) atoms. The average molecular weight is 436 g/mol. The molecule has 0 unspecified atom stereocenters. The molecule has 0 bridgehead atoms. The zero-order chi connectivity index (χ0) is 22.7. The Morgan fingerprint density at radius 1 is 1.00 bits per heavy atom. The Kier molecular flexibility index (Phi) is 6.17. The highest BCUT2D eigenvalue weighted by Gasteiger charge is 2.25. The van der Waals surface area contributed by atoms with E-state index >= 15 is 0 Å². The summed E-state index contributed by atoms with van der Waals surface area (Å²) in [5.74, 6) is -3.33. The lowest BCUT2D eigenvalue weighted by Gasteiger charge is -2.26. The van der Waals surface area contributed by atoms with Crippen LogP contribution < -0.4 is 5.32 Å². The molecule has 2 aromatic heterocycles. The Labute approximate surface area is 182 Å². The zero-order valence-corrected chi connectivity index (χ0v) is 17.0. The number of nitrogens with one attached hydrogen (secondary N) is 1. The van der Waals surface area contributed by atoms with Gasteiger partial charge in [0.15, 0.2) is 0 Å². The van der Waals surface area contributed by atoms with Crippen LogP contribution in [0.5, 0.6) is 0 Å². The fourth-order valence-electron chi connectivity index (χ4n) is 4.05. The number of pyridine rings is 2. The van der Waals surface area contributed by atoms with E-state index in [2.05, 4.69) is 21.4 Å². The minimum atomic E-state index is -0.975. The lowest BCUT2D eigenvalue weighted by molar-refractivity contribution is 0.102. The molecule has 0 saturated heterocycles. The molecule has 3 aromatic rings. The van der Waals surface area contributed by atoms with Gasteiger partial charge in [0, 0.05) is 12.1 Å². The molecule has 1 saturated carbocycles. The predicted molar refractivity (Wildman–Crippen MR) is 112 cm³/mol. The Hall–Kier alpha value is -3.73. The molecule has 1 aromatic carbocycles. The van der Waals surface area contributed by atoms with E-state index in [0.29, 0.717) is 5.69 Å². The van der Waals surface area contributed by atoms with Gasteiger partial charge in [-0.05, 0) is 67.5 Å². The first kappa shape index (κ1) is 21.5. The number of carbonyl (C=O) groups is 1. The molecule has 1 fully saturated rings. The number of carbonyl (C=O) groups excluding carboxylic acids is 1. The van der Waals surface area contributed by atoms with E-state index in [1.54, 1.807) is 6.20 Å². The molecule has 8 heteroatoms.